The third-order valence-corrected chi connectivity index (χ3v) is 4.12. The Morgan fingerprint density at radius 1 is 1.10 bits per heavy atom. The fraction of sp³-hybridized carbons (Fsp3) is 0.571. The van der Waals surface area contributed by atoms with Crippen LogP contribution in [-0.4, -0.2) is 46.3 Å². The van der Waals surface area contributed by atoms with Gasteiger partial charge in [-0.1, -0.05) is 18.7 Å². The van der Waals surface area contributed by atoms with E-state index in [0.717, 1.165) is 16.3 Å². The summed E-state index contributed by atoms with van der Waals surface area (Å²) in [5.74, 6) is 0.807. The van der Waals surface area contributed by atoms with Crippen molar-refractivity contribution in [3.8, 4) is 0 Å². The fourth-order valence-corrected chi connectivity index (χ4v) is 2.81. The lowest BCUT2D eigenvalue weighted by Crippen LogP contribution is -2.43. The third kappa shape index (κ3) is 8.94. The van der Waals surface area contributed by atoms with Gasteiger partial charge in [-0.3, -0.25) is 0 Å². The second kappa shape index (κ2) is 10.6. The van der Waals surface area contributed by atoms with Crippen molar-refractivity contribution in [1.82, 2.24) is 4.90 Å². The summed E-state index contributed by atoms with van der Waals surface area (Å²) in [7, 11) is 1.76. The molecule has 8 nitrogen and oxygen atoms in total. The molecule has 0 unspecified atom stereocenters. The minimum absolute atomic E-state index is 0.0514. The largest absolute Gasteiger partial charge is 0.443 e. The van der Waals surface area contributed by atoms with Crippen LogP contribution in [-0.2, 0) is 16.0 Å². The smallest absolute Gasteiger partial charge is 0.420 e. The van der Waals surface area contributed by atoms with Crippen molar-refractivity contribution in [2.75, 3.05) is 18.1 Å². The van der Waals surface area contributed by atoms with Crippen molar-refractivity contribution in [1.29, 1.82) is 0 Å². The minimum atomic E-state index is -0.784. The summed E-state index contributed by atoms with van der Waals surface area (Å²) in [4.78, 5) is 30.9. The molecule has 3 N–H and O–H groups in total. The molecule has 1 aromatic rings. The summed E-state index contributed by atoms with van der Waals surface area (Å²) in [6.07, 6.45) is -1.57. The van der Waals surface area contributed by atoms with E-state index in [1.807, 2.05) is 19.1 Å². The van der Waals surface area contributed by atoms with Gasteiger partial charge in [0.25, 0.3) is 0 Å². The quantitative estimate of drug-likeness (QED) is 0.486. The van der Waals surface area contributed by atoms with E-state index in [0.29, 0.717) is 16.4 Å². The molecule has 0 saturated carbocycles. The zero-order valence-electron chi connectivity index (χ0n) is 19.2. The van der Waals surface area contributed by atoms with Crippen LogP contribution in [0.2, 0.25) is 0 Å². The summed E-state index contributed by atoms with van der Waals surface area (Å²) in [5, 5.41) is 3.51. The molecule has 1 rings (SSSR count). The van der Waals surface area contributed by atoms with Crippen molar-refractivity contribution in [2.24, 2.45) is 10.7 Å². The van der Waals surface area contributed by atoms with Crippen molar-refractivity contribution in [2.45, 2.75) is 66.2 Å². The number of aliphatic imine (C=N–C) groups is 1. The molecule has 0 fully saturated rings. The highest BCUT2D eigenvalue weighted by Gasteiger charge is 2.31. The first kappa shape index (κ1) is 25.6. The van der Waals surface area contributed by atoms with E-state index in [4.69, 9.17) is 15.2 Å². The molecule has 2 amide bonds. The number of rotatable bonds is 5. The zero-order chi connectivity index (χ0) is 23.1. The molecule has 0 aliphatic rings. The summed E-state index contributed by atoms with van der Waals surface area (Å²) >= 11 is 1.43. The van der Waals surface area contributed by atoms with Gasteiger partial charge in [0.1, 0.15) is 11.2 Å². The van der Waals surface area contributed by atoms with Crippen molar-refractivity contribution in [3.63, 3.8) is 0 Å². The molecule has 0 bridgehead atoms. The van der Waals surface area contributed by atoms with Gasteiger partial charge in [0.2, 0.25) is 0 Å². The molecule has 1 aromatic carbocycles. The van der Waals surface area contributed by atoms with Gasteiger partial charge in [-0.15, -0.1) is 0 Å². The van der Waals surface area contributed by atoms with Crippen LogP contribution < -0.4 is 11.1 Å². The van der Waals surface area contributed by atoms with E-state index < -0.39 is 23.4 Å². The predicted octanol–water partition coefficient (Wildman–Crippen LogP) is 5.10. The maximum absolute atomic E-state index is 12.8. The van der Waals surface area contributed by atoms with Gasteiger partial charge >= 0.3 is 12.2 Å². The van der Waals surface area contributed by atoms with Crippen LogP contribution in [0.15, 0.2) is 23.2 Å². The highest BCUT2D eigenvalue weighted by Crippen LogP contribution is 2.26. The van der Waals surface area contributed by atoms with E-state index >= 15 is 0 Å². The first-order valence-corrected chi connectivity index (χ1v) is 10.8. The van der Waals surface area contributed by atoms with Gasteiger partial charge in [-0.2, -0.15) is 0 Å². The summed E-state index contributed by atoms with van der Waals surface area (Å²) in [6.45, 7) is 12.4. The lowest BCUT2D eigenvalue weighted by molar-refractivity contribution is -0.000204. The number of thioether (sulfide) groups is 1. The lowest BCUT2D eigenvalue weighted by atomic mass is 10.1. The number of amidine groups is 1. The second-order valence-electron chi connectivity index (χ2n) is 8.52. The SMILES string of the molecule is CCSC(N)=Nc1ccc(NC)c(CN(C(=O)OC(C)(C)C)C(=O)OC(C)(C)C)c1. The molecule has 168 valence electrons. The average molecular weight is 439 g/mol. The molecule has 0 heterocycles. The maximum Gasteiger partial charge on any atom is 0.420 e. The molecule has 0 aliphatic carbocycles. The Balaban J connectivity index is 3.30. The second-order valence-corrected chi connectivity index (χ2v) is 9.81. The number of hydrogen-bond acceptors (Lipinski definition) is 7. The molecule has 0 saturated heterocycles. The molecule has 0 radical (unpaired) electrons. The first-order valence-electron chi connectivity index (χ1n) is 9.77. The molecule has 0 atom stereocenters. The molecule has 0 aliphatic heterocycles. The number of carbonyl (C=O) groups is 2. The van der Waals surface area contributed by atoms with Crippen molar-refractivity contribution >= 4 is 40.5 Å². The number of hydrogen-bond donors (Lipinski definition) is 2. The van der Waals surface area contributed by atoms with Crippen LogP contribution in [0.1, 0.15) is 54.0 Å². The van der Waals surface area contributed by atoms with E-state index in [1.165, 1.54) is 11.8 Å². The molecule has 0 spiro atoms. The predicted molar refractivity (Wildman–Crippen MR) is 123 cm³/mol. The Labute approximate surface area is 183 Å². The van der Waals surface area contributed by atoms with E-state index in [2.05, 4.69) is 10.3 Å². The standard InChI is InChI=1S/C21H34N4O4S/c1-9-30-17(22)24-15-10-11-16(23-8)14(12-15)13-25(18(26)28-20(2,3)4)19(27)29-21(5,6)7/h10-12,23H,9,13H2,1-8H3,(H2,22,24). The van der Waals surface area contributed by atoms with E-state index in [1.54, 1.807) is 54.7 Å². The number of anilines is 1. The lowest BCUT2D eigenvalue weighted by Gasteiger charge is -2.29. The van der Waals surface area contributed by atoms with Crippen LogP contribution in [0, 0.1) is 0 Å². The van der Waals surface area contributed by atoms with Gasteiger partial charge in [0.15, 0.2) is 5.17 Å². The zero-order valence-corrected chi connectivity index (χ0v) is 20.0. The summed E-state index contributed by atoms with van der Waals surface area (Å²) < 4.78 is 10.8. The summed E-state index contributed by atoms with van der Waals surface area (Å²) in [6, 6.07) is 5.40. The van der Waals surface area contributed by atoms with Crippen LogP contribution in [0.25, 0.3) is 0 Å². The topological polar surface area (TPSA) is 106 Å². The Hall–Kier alpha value is -2.42. The van der Waals surface area contributed by atoms with Crippen molar-refractivity contribution in [3.05, 3.63) is 23.8 Å². The van der Waals surface area contributed by atoms with Gasteiger partial charge in [0.05, 0.1) is 12.2 Å². The molecule has 30 heavy (non-hydrogen) atoms. The number of nitrogens with one attached hydrogen (secondary N) is 1. The van der Waals surface area contributed by atoms with E-state index in [9.17, 15) is 9.59 Å². The van der Waals surface area contributed by atoms with Crippen LogP contribution >= 0.6 is 11.8 Å². The summed E-state index contributed by atoms with van der Waals surface area (Å²) in [5.41, 5.74) is 6.42. The average Bonchev–Trinajstić information content (AvgIpc) is 2.56. The highest BCUT2D eigenvalue weighted by molar-refractivity contribution is 8.13. The Kier molecular flexibility index (Phi) is 9.02. The first-order chi connectivity index (χ1) is 13.8. The van der Waals surface area contributed by atoms with Crippen LogP contribution in [0.4, 0.5) is 21.0 Å². The Morgan fingerprint density at radius 2 is 1.63 bits per heavy atom. The number of benzene rings is 1. The maximum atomic E-state index is 12.8. The van der Waals surface area contributed by atoms with E-state index in [-0.39, 0.29) is 6.54 Å². The minimum Gasteiger partial charge on any atom is -0.443 e. The molecule has 0 aromatic heterocycles. The fourth-order valence-electron chi connectivity index (χ4n) is 2.34. The molecule has 9 heteroatoms. The van der Waals surface area contributed by atoms with Gasteiger partial charge < -0.3 is 20.5 Å². The number of amides is 2. The van der Waals surface area contributed by atoms with Crippen LogP contribution in [0.5, 0.6) is 0 Å². The number of nitrogens with zero attached hydrogens (tertiary/aromatic N) is 2. The van der Waals surface area contributed by atoms with Gasteiger partial charge in [0, 0.05) is 12.7 Å². The number of carbonyl (C=O) groups excluding carboxylic acids is 2. The van der Waals surface area contributed by atoms with Gasteiger partial charge in [-0.25, -0.2) is 19.5 Å². The molecular weight excluding hydrogens is 404 g/mol. The third-order valence-electron chi connectivity index (χ3n) is 3.45. The Morgan fingerprint density at radius 3 is 2.07 bits per heavy atom. The molecular formula is C21H34N4O4S. The highest BCUT2D eigenvalue weighted by atomic mass is 32.2. The number of nitrogens with two attached hydrogens (primary N) is 1. The van der Waals surface area contributed by atoms with Crippen LogP contribution in [0.3, 0.4) is 0 Å². The Bertz CT molecular complexity index is 754. The van der Waals surface area contributed by atoms with Gasteiger partial charge in [-0.05, 0) is 71.1 Å². The monoisotopic (exact) mass is 438 g/mol. The van der Waals surface area contributed by atoms with Crippen molar-refractivity contribution < 1.29 is 19.1 Å². The normalized spacial score (nSPS) is 12.3. The number of ether oxygens (including phenoxy) is 2. The number of imide groups is 1.